The Hall–Kier alpha value is -1.56. The quantitative estimate of drug-likeness (QED) is 0.600. The Bertz CT molecular complexity index is 422. The molecule has 0 spiro atoms. The fraction of sp³-hybridized carbons (Fsp3) is 0.364. The van der Waals surface area contributed by atoms with Gasteiger partial charge in [-0.2, -0.15) is 0 Å². The number of nitrogens with zero attached hydrogens (tertiary/aromatic N) is 1. The molecule has 1 heterocycles. The van der Waals surface area contributed by atoms with Crippen LogP contribution in [0.3, 0.4) is 0 Å². The summed E-state index contributed by atoms with van der Waals surface area (Å²) in [6.07, 6.45) is 2.47. The van der Waals surface area contributed by atoms with E-state index in [-0.39, 0.29) is 0 Å². The summed E-state index contributed by atoms with van der Waals surface area (Å²) in [7, 11) is 1.24. The van der Waals surface area contributed by atoms with Crippen molar-refractivity contribution in [2.24, 2.45) is 0 Å². The van der Waals surface area contributed by atoms with Crippen molar-refractivity contribution in [2.75, 3.05) is 13.4 Å². The average molecular weight is 255 g/mol. The van der Waals surface area contributed by atoms with Crippen molar-refractivity contribution >= 4 is 23.7 Å². The molecule has 1 aromatic rings. The minimum Gasteiger partial charge on any atom is -0.466 e. The summed E-state index contributed by atoms with van der Waals surface area (Å²) >= 11 is 1.34. The smallest absolute Gasteiger partial charge is 0.346 e. The Morgan fingerprint density at radius 1 is 1.47 bits per heavy atom. The highest BCUT2D eigenvalue weighted by Gasteiger charge is 2.21. The van der Waals surface area contributed by atoms with Gasteiger partial charge in [0.25, 0.3) is 0 Å². The zero-order valence-corrected chi connectivity index (χ0v) is 10.6. The number of hydrogen-bond acceptors (Lipinski definition) is 6. The van der Waals surface area contributed by atoms with Crippen molar-refractivity contribution in [3.63, 3.8) is 0 Å². The monoisotopic (exact) mass is 255 g/mol. The molecule has 0 radical (unpaired) electrons. The lowest BCUT2D eigenvalue weighted by atomic mass is 10.3. The fourth-order valence-electron chi connectivity index (χ4n) is 1.15. The van der Waals surface area contributed by atoms with Crippen LogP contribution < -0.4 is 0 Å². The molecule has 5 nitrogen and oxygen atoms in total. The molecule has 1 aromatic heterocycles. The van der Waals surface area contributed by atoms with Gasteiger partial charge < -0.3 is 9.47 Å². The number of esters is 2. The second-order valence-corrected chi connectivity index (χ2v) is 3.93. The first-order valence-corrected chi connectivity index (χ1v) is 6.10. The van der Waals surface area contributed by atoms with E-state index in [4.69, 9.17) is 4.74 Å². The van der Waals surface area contributed by atoms with E-state index in [2.05, 4.69) is 9.72 Å². The van der Waals surface area contributed by atoms with Gasteiger partial charge in [-0.25, -0.2) is 14.6 Å². The normalized spacial score (nSPS) is 11.7. The van der Waals surface area contributed by atoms with Gasteiger partial charge >= 0.3 is 11.9 Å². The molecule has 0 amide bonds. The van der Waals surface area contributed by atoms with Gasteiger partial charge in [-0.15, -0.1) is 11.8 Å². The predicted molar refractivity (Wildman–Crippen MR) is 62.9 cm³/mol. The standard InChI is InChI=1S/C11H13NO4S/c1-7(10(13)15-2)16-11(14)8-5-4-6-12-9(8)17-3/h4-7H,1-3H3/t7-/m0/s1. The zero-order chi connectivity index (χ0) is 12.8. The molecular weight excluding hydrogens is 242 g/mol. The Balaban J connectivity index is 2.79. The van der Waals surface area contributed by atoms with Crippen molar-refractivity contribution in [1.29, 1.82) is 0 Å². The Labute approximate surface area is 104 Å². The molecule has 0 saturated heterocycles. The Morgan fingerprint density at radius 3 is 2.76 bits per heavy atom. The molecule has 0 fully saturated rings. The third kappa shape index (κ3) is 3.45. The van der Waals surface area contributed by atoms with Crippen LogP contribution in [0, 0.1) is 0 Å². The first kappa shape index (κ1) is 13.5. The van der Waals surface area contributed by atoms with Crippen molar-refractivity contribution in [3.05, 3.63) is 23.9 Å². The van der Waals surface area contributed by atoms with Crippen LogP contribution in [0.1, 0.15) is 17.3 Å². The number of pyridine rings is 1. The van der Waals surface area contributed by atoms with Gasteiger partial charge in [-0.3, -0.25) is 0 Å². The lowest BCUT2D eigenvalue weighted by molar-refractivity contribution is -0.149. The lowest BCUT2D eigenvalue weighted by Gasteiger charge is -2.11. The average Bonchev–Trinajstić information content (AvgIpc) is 2.37. The zero-order valence-electron chi connectivity index (χ0n) is 9.80. The highest BCUT2D eigenvalue weighted by Crippen LogP contribution is 2.18. The van der Waals surface area contributed by atoms with Crippen LogP contribution >= 0.6 is 11.8 Å². The van der Waals surface area contributed by atoms with Gasteiger partial charge in [0.1, 0.15) is 5.03 Å². The highest BCUT2D eigenvalue weighted by molar-refractivity contribution is 7.98. The first-order valence-electron chi connectivity index (χ1n) is 4.88. The van der Waals surface area contributed by atoms with Gasteiger partial charge in [-0.05, 0) is 25.3 Å². The van der Waals surface area contributed by atoms with Crippen molar-refractivity contribution in [1.82, 2.24) is 4.98 Å². The molecule has 0 aliphatic carbocycles. The summed E-state index contributed by atoms with van der Waals surface area (Å²) in [6.45, 7) is 1.46. The third-order valence-electron chi connectivity index (χ3n) is 2.00. The third-order valence-corrected chi connectivity index (χ3v) is 2.71. The molecule has 92 valence electrons. The topological polar surface area (TPSA) is 65.5 Å². The Kier molecular flexibility index (Phi) is 4.96. The predicted octanol–water partition coefficient (Wildman–Crippen LogP) is 1.52. The molecule has 1 atom stereocenters. The maximum Gasteiger partial charge on any atom is 0.346 e. The van der Waals surface area contributed by atoms with E-state index in [0.29, 0.717) is 10.6 Å². The van der Waals surface area contributed by atoms with Crippen LogP contribution in [0.25, 0.3) is 0 Å². The SMILES string of the molecule is COC(=O)[C@H](C)OC(=O)c1cccnc1SC. The molecule has 0 aromatic carbocycles. The van der Waals surface area contributed by atoms with E-state index in [0.717, 1.165) is 0 Å². The fourth-order valence-corrected chi connectivity index (χ4v) is 1.68. The molecule has 0 saturated carbocycles. The van der Waals surface area contributed by atoms with Gasteiger partial charge in [-0.1, -0.05) is 0 Å². The highest BCUT2D eigenvalue weighted by atomic mass is 32.2. The molecule has 1 rings (SSSR count). The van der Waals surface area contributed by atoms with E-state index in [9.17, 15) is 9.59 Å². The van der Waals surface area contributed by atoms with E-state index >= 15 is 0 Å². The van der Waals surface area contributed by atoms with Crippen molar-refractivity contribution < 1.29 is 19.1 Å². The van der Waals surface area contributed by atoms with Gasteiger partial charge in [0.05, 0.1) is 12.7 Å². The van der Waals surface area contributed by atoms with Gasteiger partial charge in [0.2, 0.25) is 0 Å². The number of rotatable bonds is 4. The lowest BCUT2D eigenvalue weighted by Crippen LogP contribution is -2.25. The molecule has 0 N–H and O–H groups in total. The van der Waals surface area contributed by atoms with E-state index in [1.54, 1.807) is 18.3 Å². The number of hydrogen-bond donors (Lipinski definition) is 0. The summed E-state index contributed by atoms with van der Waals surface area (Å²) in [5.74, 6) is -1.17. The maximum atomic E-state index is 11.8. The second kappa shape index (κ2) is 6.24. The number of ether oxygens (including phenoxy) is 2. The largest absolute Gasteiger partial charge is 0.466 e. The van der Waals surface area contributed by atoms with Crippen LogP contribution in [0.4, 0.5) is 0 Å². The summed E-state index contributed by atoms with van der Waals surface area (Å²) in [4.78, 5) is 26.9. The van der Waals surface area contributed by atoms with E-state index in [1.165, 1.54) is 25.8 Å². The molecule has 0 aliphatic heterocycles. The number of methoxy groups -OCH3 is 1. The number of carbonyl (C=O) groups is 2. The van der Waals surface area contributed by atoms with Crippen LogP contribution in [-0.4, -0.2) is 36.4 Å². The number of thioether (sulfide) groups is 1. The number of carbonyl (C=O) groups excluding carboxylic acids is 2. The Morgan fingerprint density at radius 2 is 2.18 bits per heavy atom. The van der Waals surface area contributed by atoms with Gasteiger partial charge in [0, 0.05) is 6.20 Å². The minimum atomic E-state index is -0.928. The number of aromatic nitrogens is 1. The first-order chi connectivity index (χ1) is 8.10. The van der Waals surface area contributed by atoms with Crippen molar-refractivity contribution in [2.45, 2.75) is 18.1 Å². The van der Waals surface area contributed by atoms with Crippen molar-refractivity contribution in [3.8, 4) is 0 Å². The molecule has 6 heteroatoms. The van der Waals surface area contributed by atoms with Gasteiger partial charge in [0.15, 0.2) is 6.10 Å². The van der Waals surface area contributed by atoms with E-state index in [1.807, 2.05) is 6.26 Å². The summed E-state index contributed by atoms with van der Waals surface area (Å²) in [5, 5.41) is 0.564. The molecule has 0 aliphatic rings. The summed E-state index contributed by atoms with van der Waals surface area (Å²) in [6, 6.07) is 3.24. The second-order valence-electron chi connectivity index (χ2n) is 3.13. The molecule has 0 bridgehead atoms. The minimum absolute atomic E-state index is 0.343. The summed E-state index contributed by atoms with van der Waals surface area (Å²) in [5.41, 5.74) is 0.343. The molecule has 0 unspecified atom stereocenters. The van der Waals surface area contributed by atoms with Crippen LogP contribution in [0.5, 0.6) is 0 Å². The maximum absolute atomic E-state index is 11.8. The van der Waals surface area contributed by atoms with E-state index < -0.39 is 18.0 Å². The van der Waals surface area contributed by atoms with Crippen LogP contribution in [-0.2, 0) is 14.3 Å². The molecular formula is C11H13NO4S. The summed E-state index contributed by atoms with van der Waals surface area (Å²) < 4.78 is 9.43. The van der Waals surface area contributed by atoms with Crippen LogP contribution in [0.2, 0.25) is 0 Å². The van der Waals surface area contributed by atoms with Crippen LogP contribution in [0.15, 0.2) is 23.4 Å². The molecule has 17 heavy (non-hydrogen) atoms.